The Morgan fingerprint density at radius 3 is 1.52 bits per heavy atom. The maximum Gasteiger partial charge on any atom is 0.261 e. The van der Waals surface area contributed by atoms with Crippen LogP contribution in [-0.2, 0) is 9.22 Å². The predicted molar refractivity (Wildman–Crippen MR) is 108 cm³/mol. The van der Waals surface area contributed by atoms with Crippen LogP contribution in [0.5, 0.6) is 0 Å². The van der Waals surface area contributed by atoms with Gasteiger partial charge in [-0.25, -0.2) is 0 Å². The molecule has 0 saturated heterocycles. The fraction of sp³-hybridized carbons (Fsp3) is 0.409. The Bertz CT molecular complexity index is 655. The average molecular weight is 355 g/mol. The van der Waals surface area contributed by atoms with E-state index in [0.717, 1.165) is 0 Å². The van der Waals surface area contributed by atoms with Crippen molar-refractivity contribution in [2.24, 2.45) is 5.41 Å². The smallest absolute Gasteiger partial charge is 0.261 e. The van der Waals surface area contributed by atoms with Gasteiger partial charge in [0.25, 0.3) is 8.32 Å². The molecule has 0 radical (unpaired) electrons. The van der Waals surface area contributed by atoms with Gasteiger partial charge in [-0.15, -0.1) is 0 Å². The molecule has 25 heavy (non-hydrogen) atoms. The van der Waals surface area contributed by atoms with Crippen LogP contribution in [0.2, 0.25) is 5.04 Å². The molecule has 2 aromatic carbocycles. The van der Waals surface area contributed by atoms with Crippen molar-refractivity contribution in [2.75, 3.05) is 6.61 Å². The van der Waals surface area contributed by atoms with Crippen LogP contribution < -0.4 is 10.4 Å². The second kappa shape index (κ2) is 7.26. The van der Waals surface area contributed by atoms with Crippen LogP contribution in [0.1, 0.15) is 41.5 Å². The second-order valence-electron chi connectivity index (χ2n) is 8.63. The van der Waals surface area contributed by atoms with Gasteiger partial charge in [0.05, 0.1) is 6.61 Å². The van der Waals surface area contributed by atoms with Crippen molar-refractivity contribution in [1.29, 1.82) is 0 Å². The van der Waals surface area contributed by atoms with Crippen molar-refractivity contribution >= 4 is 24.5 Å². The first kappa shape index (κ1) is 19.6. The van der Waals surface area contributed by atoms with Crippen LogP contribution in [0.25, 0.3) is 0 Å². The second-order valence-corrected chi connectivity index (χ2v) is 12.9. The summed E-state index contributed by atoms with van der Waals surface area (Å²) in [6.45, 7) is 12.7. The van der Waals surface area contributed by atoms with Crippen molar-refractivity contribution in [3.63, 3.8) is 0 Å². The molecular formula is C22H30O2Si. The van der Waals surface area contributed by atoms with E-state index >= 15 is 0 Å². The SMILES string of the molecule is CC(C)(C)C(=O)CO[Si](c1ccccc1)(c1ccccc1)C(C)(C)C. The molecule has 0 aliphatic heterocycles. The van der Waals surface area contributed by atoms with E-state index in [1.165, 1.54) is 10.4 Å². The lowest BCUT2D eigenvalue weighted by molar-refractivity contribution is -0.128. The first-order chi connectivity index (χ1) is 11.6. The van der Waals surface area contributed by atoms with Crippen LogP contribution in [-0.4, -0.2) is 20.7 Å². The highest BCUT2D eigenvalue weighted by molar-refractivity contribution is 6.99. The third-order valence-corrected chi connectivity index (χ3v) is 9.66. The van der Waals surface area contributed by atoms with Crippen LogP contribution >= 0.6 is 0 Å². The standard InChI is InChI=1S/C22H30O2Si/c1-21(2,3)20(23)17-24-25(22(4,5)6,18-13-9-7-10-14-18)19-15-11-8-12-16-19/h7-16H,17H2,1-6H3. The normalized spacial score (nSPS) is 12.9. The summed E-state index contributed by atoms with van der Waals surface area (Å²) < 4.78 is 6.64. The van der Waals surface area contributed by atoms with E-state index in [4.69, 9.17) is 4.43 Å². The number of hydrogen-bond acceptors (Lipinski definition) is 2. The minimum absolute atomic E-state index is 0.103. The fourth-order valence-corrected chi connectivity index (χ4v) is 7.65. The van der Waals surface area contributed by atoms with E-state index < -0.39 is 13.7 Å². The summed E-state index contributed by atoms with van der Waals surface area (Å²) >= 11 is 0. The van der Waals surface area contributed by atoms with Crippen molar-refractivity contribution in [3.05, 3.63) is 60.7 Å². The molecule has 0 aliphatic carbocycles. The van der Waals surface area contributed by atoms with Gasteiger partial charge in [-0.2, -0.15) is 0 Å². The molecule has 0 atom stereocenters. The van der Waals surface area contributed by atoms with Gasteiger partial charge in [-0.05, 0) is 15.4 Å². The van der Waals surface area contributed by atoms with Gasteiger partial charge in [0.2, 0.25) is 0 Å². The molecular weight excluding hydrogens is 324 g/mol. The largest absolute Gasteiger partial charge is 0.400 e. The number of benzene rings is 2. The monoisotopic (exact) mass is 354 g/mol. The van der Waals surface area contributed by atoms with Crippen molar-refractivity contribution in [3.8, 4) is 0 Å². The molecule has 0 bridgehead atoms. The van der Waals surface area contributed by atoms with E-state index in [1.54, 1.807) is 0 Å². The zero-order valence-corrected chi connectivity index (χ0v) is 17.3. The Kier molecular flexibility index (Phi) is 5.70. The molecule has 2 rings (SSSR count). The lowest BCUT2D eigenvalue weighted by Crippen LogP contribution is -2.67. The first-order valence-corrected chi connectivity index (χ1v) is 10.8. The Morgan fingerprint density at radius 2 is 1.20 bits per heavy atom. The summed E-state index contributed by atoms with van der Waals surface area (Å²) in [5.41, 5.74) is -0.397. The average Bonchev–Trinajstić information content (AvgIpc) is 2.55. The van der Waals surface area contributed by atoms with Crippen molar-refractivity contribution in [1.82, 2.24) is 0 Å². The minimum atomic E-state index is -2.61. The van der Waals surface area contributed by atoms with E-state index in [1.807, 2.05) is 32.9 Å². The molecule has 0 amide bonds. The number of Topliss-reactive ketones (excluding diaryl/α,β-unsaturated/α-hetero) is 1. The summed E-state index contributed by atoms with van der Waals surface area (Å²) in [5.74, 6) is 0.139. The molecule has 0 spiro atoms. The van der Waals surface area contributed by atoms with E-state index in [0.29, 0.717) is 0 Å². The number of ketones is 1. The lowest BCUT2D eigenvalue weighted by atomic mass is 9.91. The summed E-state index contributed by atoms with van der Waals surface area (Å²) in [6.07, 6.45) is 0. The topological polar surface area (TPSA) is 26.3 Å². The van der Waals surface area contributed by atoms with Gasteiger partial charge in [0, 0.05) is 5.41 Å². The van der Waals surface area contributed by atoms with Crippen molar-refractivity contribution < 1.29 is 9.22 Å². The molecule has 0 heterocycles. The van der Waals surface area contributed by atoms with Gasteiger partial charge in [0.15, 0.2) is 5.78 Å². The van der Waals surface area contributed by atoms with Crippen molar-refractivity contribution in [2.45, 2.75) is 46.6 Å². The highest BCUT2D eigenvalue weighted by Gasteiger charge is 2.50. The highest BCUT2D eigenvalue weighted by Crippen LogP contribution is 2.37. The summed E-state index contributed by atoms with van der Waals surface area (Å²) in [6, 6.07) is 20.9. The minimum Gasteiger partial charge on any atom is -0.400 e. The molecule has 0 saturated carbocycles. The Morgan fingerprint density at radius 1 is 0.800 bits per heavy atom. The van der Waals surface area contributed by atoms with Gasteiger partial charge in [0.1, 0.15) is 0 Å². The molecule has 0 fully saturated rings. The summed E-state index contributed by atoms with van der Waals surface area (Å²) in [4.78, 5) is 12.6. The maximum absolute atomic E-state index is 12.6. The van der Waals surface area contributed by atoms with Gasteiger partial charge in [-0.1, -0.05) is 102 Å². The van der Waals surface area contributed by atoms with Crippen LogP contribution in [0.4, 0.5) is 0 Å². The molecule has 0 aromatic heterocycles. The number of hydrogen-bond donors (Lipinski definition) is 0. The van der Waals surface area contributed by atoms with Crippen LogP contribution in [0.15, 0.2) is 60.7 Å². The predicted octanol–water partition coefficient (Wildman–Crippen LogP) is 4.18. The molecule has 134 valence electrons. The number of carbonyl (C=O) groups excluding carboxylic acids is 1. The summed E-state index contributed by atoms with van der Waals surface area (Å²) in [5, 5.41) is 2.30. The quantitative estimate of drug-likeness (QED) is 0.753. The fourth-order valence-electron chi connectivity index (χ4n) is 3.15. The molecule has 3 heteroatoms. The van der Waals surface area contributed by atoms with E-state index in [-0.39, 0.29) is 17.4 Å². The Labute approximate surface area is 153 Å². The van der Waals surface area contributed by atoms with Gasteiger partial charge >= 0.3 is 0 Å². The lowest BCUT2D eigenvalue weighted by Gasteiger charge is -2.43. The zero-order chi connectivity index (χ0) is 18.7. The van der Waals surface area contributed by atoms with E-state index in [9.17, 15) is 4.79 Å². The number of rotatable bonds is 5. The molecule has 2 nitrogen and oxygen atoms in total. The third kappa shape index (κ3) is 4.10. The zero-order valence-electron chi connectivity index (χ0n) is 16.3. The third-order valence-electron chi connectivity index (χ3n) is 4.67. The maximum atomic E-state index is 12.6. The van der Waals surface area contributed by atoms with E-state index in [2.05, 4.69) is 69.3 Å². The first-order valence-electron chi connectivity index (χ1n) is 8.87. The molecule has 0 unspecified atom stereocenters. The highest BCUT2D eigenvalue weighted by atomic mass is 28.4. The van der Waals surface area contributed by atoms with Crippen LogP contribution in [0, 0.1) is 5.41 Å². The molecule has 2 aromatic rings. The molecule has 0 aliphatic rings. The number of carbonyl (C=O) groups is 1. The van der Waals surface area contributed by atoms with Crippen LogP contribution in [0.3, 0.4) is 0 Å². The summed E-state index contributed by atoms with van der Waals surface area (Å²) in [7, 11) is -2.61. The molecule has 0 N–H and O–H groups in total. The Balaban J connectivity index is 2.59. The van der Waals surface area contributed by atoms with Gasteiger partial charge in [-0.3, -0.25) is 4.79 Å². The van der Waals surface area contributed by atoms with Gasteiger partial charge < -0.3 is 4.43 Å². The Hall–Kier alpha value is -1.71.